The monoisotopic (exact) mass is 340 g/mol. The van der Waals surface area contributed by atoms with E-state index in [2.05, 4.69) is 10.3 Å². The topological polar surface area (TPSA) is 71.2 Å². The second kappa shape index (κ2) is 6.76. The predicted molar refractivity (Wildman–Crippen MR) is 93.3 cm³/mol. The third kappa shape index (κ3) is 3.24. The Bertz CT molecular complexity index is 962. The molecule has 5 nitrogen and oxygen atoms in total. The lowest BCUT2D eigenvalue weighted by molar-refractivity contribution is 0.0527. The van der Waals surface area contributed by atoms with Crippen LogP contribution < -0.4 is 5.32 Å². The maximum Gasteiger partial charge on any atom is 0.340 e. The number of esters is 1. The molecule has 0 fully saturated rings. The Morgan fingerprint density at radius 3 is 2.72 bits per heavy atom. The van der Waals surface area contributed by atoms with Crippen LogP contribution in [-0.2, 0) is 4.74 Å². The molecule has 0 spiro atoms. The highest BCUT2D eigenvalue weighted by Crippen LogP contribution is 2.24. The highest BCUT2D eigenvalue weighted by Gasteiger charge is 2.18. The summed E-state index contributed by atoms with van der Waals surface area (Å²) in [4.78, 5) is 27.6. The highest BCUT2D eigenvalue weighted by atomic mass is 19.1. The fourth-order valence-corrected chi connectivity index (χ4v) is 2.69. The number of halogens is 1. The lowest BCUT2D eigenvalue weighted by atomic mass is 10.1. The van der Waals surface area contributed by atoms with Crippen molar-refractivity contribution in [2.24, 2.45) is 0 Å². The quantitative estimate of drug-likeness (QED) is 0.704. The molecule has 0 radical (unpaired) electrons. The summed E-state index contributed by atoms with van der Waals surface area (Å²) in [6.07, 6.45) is 0. The van der Waals surface area contributed by atoms with Crippen molar-refractivity contribution in [2.75, 3.05) is 11.9 Å². The van der Waals surface area contributed by atoms with E-state index in [-0.39, 0.29) is 18.0 Å². The van der Waals surface area contributed by atoms with Crippen LogP contribution in [0.2, 0.25) is 0 Å². The van der Waals surface area contributed by atoms with E-state index < -0.39 is 11.9 Å². The summed E-state index contributed by atoms with van der Waals surface area (Å²) in [5.74, 6) is -1.28. The summed E-state index contributed by atoms with van der Waals surface area (Å²) in [7, 11) is 0. The summed E-state index contributed by atoms with van der Waals surface area (Å²) in [6.45, 7) is 3.70. The van der Waals surface area contributed by atoms with Gasteiger partial charge in [-0.3, -0.25) is 4.79 Å². The molecule has 2 N–H and O–H groups in total. The van der Waals surface area contributed by atoms with Crippen LogP contribution in [-0.4, -0.2) is 23.5 Å². The van der Waals surface area contributed by atoms with Crippen molar-refractivity contribution in [1.29, 1.82) is 0 Å². The van der Waals surface area contributed by atoms with Gasteiger partial charge in [0.2, 0.25) is 0 Å². The molecule has 1 amide bonds. The minimum absolute atomic E-state index is 0.244. The first-order valence-corrected chi connectivity index (χ1v) is 7.86. The molecule has 0 saturated carbocycles. The van der Waals surface area contributed by atoms with E-state index in [0.29, 0.717) is 27.8 Å². The lowest BCUT2D eigenvalue weighted by Gasteiger charge is -2.10. The Morgan fingerprint density at radius 1 is 1.20 bits per heavy atom. The molecule has 0 saturated heterocycles. The van der Waals surface area contributed by atoms with E-state index in [9.17, 15) is 14.0 Å². The van der Waals surface area contributed by atoms with Crippen molar-refractivity contribution in [3.8, 4) is 0 Å². The zero-order valence-corrected chi connectivity index (χ0v) is 13.9. The van der Waals surface area contributed by atoms with Gasteiger partial charge in [-0.05, 0) is 49.7 Å². The second-order valence-electron chi connectivity index (χ2n) is 5.54. The summed E-state index contributed by atoms with van der Waals surface area (Å²) in [6, 6.07) is 10.9. The number of aryl methyl sites for hydroxylation is 1. The number of benzene rings is 2. The van der Waals surface area contributed by atoms with E-state index in [1.807, 2.05) is 0 Å². The van der Waals surface area contributed by atoms with Crippen LogP contribution in [0.3, 0.4) is 0 Å². The molecule has 0 aliphatic heterocycles. The SMILES string of the molecule is CCOC(=O)c1ccccc1NC(=O)c1[nH]c2ccc(F)cc2c1C. The Kier molecular flexibility index (Phi) is 4.52. The van der Waals surface area contributed by atoms with Gasteiger partial charge in [0.1, 0.15) is 11.5 Å². The normalized spacial score (nSPS) is 10.7. The van der Waals surface area contributed by atoms with E-state index >= 15 is 0 Å². The number of hydrogen-bond acceptors (Lipinski definition) is 3. The molecular weight excluding hydrogens is 323 g/mol. The average Bonchev–Trinajstić information content (AvgIpc) is 2.92. The molecule has 0 aliphatic rings. The van der Waals surface area contributed by atoms with Gasteiger partial charge in [0.15, 0.2) is 0 Å². The number of para-hydroxylation sites is 1. The maximum atomic E-state index is 13.4. The highest BCUT2D eigenvalue weighted by molar-refractivity contribution is 6.10. The summed E-state index contributed by atoms with van der Waals surface area (Å²) in [5.41, 5.74) is 2.26. The Labute approximate surface area is 143 Å². The smallest absolute Gasteiger partial charge is 0.340 e. The number of fused-ring (bicyclic) bond motifs is 1. The van der Waals surface area contributed by atoms with E-state index in [1.165, 1.54) is 12.1 Å². The third-order valence-corrected chi connectivity index (χ3v) is 3.92. The predicted octanol–water partition coefficient (Wildman–Crippen LogP) is 4.04. The zero-order valence-electron chi connectivity index (χ0n) is 13.9. The van der Waals surface area contributed by atoms with Crippen LogP contribution in [0.5, 0.6) is 0 Å². The first kappa shape index (κ1) is 16.7. The molecule has 6 heteroatoms. The van der Waals surface area contributed by atoms with Crippen LogP contribution in [0.4, 0.5) is 10.1 Å². The number of rotatable bonds is 4. The third-order valence-electron chi connectivity index (χ3n) is 3.92. The van der Waals surface area contributed by atoms with Crippen molar-refractivity contribution >= 4 is 28.5 Å². The minimum atomic E-state index is -0.506. The van der Waals surface area contributed by atoms with E-state index in [4.69, 9.17) is 4.74 Å². The fraction of sp³-hybridized carbons (Fsp3) is 0.158. The second-order valence-corrected chi connectivity index (χ2v) is 5.54. The number of carbonyl (C=O) groups excluding carboxylic acids is 2. The van der Waals surface area contributed by atoms with Gasteiger partial charge in [0.05, 0.1) is 17.9 Å². The van der Waals surface area contributed by atoms with Gasteiger partial charge in [-0.15, -0.1) is 0 Å². The maximum absolute atomic E-state index is 13.4. The van der Waals surface area contributed by atoms with Crippen molar-refractivity contribution in [3.63, 3.8) is 0 Å². The number of aromatic nitrogens is 1. The standard InChI is InChI=1S/C19H17FN2O3/c1-3-25-19(24)13-6-4-5-7-15(13)22-18(23)17-11(2)14-10-12(20)8-9-16(14)21-17/h4-10,21H,3H2,1-2H3,(H,22,23). The first-order valence-electron chi connectivity index (χ1n) is 7.86. The van der Waals surface area contributed by atoms with Gasteiger partial charge >= 0.3 is 5.97 Å². The molecule has 1 aromatic heterocycles. The van der Waals surface area contributed by atoms with Gasteiger partial charge in [-0.2, -0.15) is 0 Å². The minimum Gasteiger partial charge on any atom is -0.462 e. The van der Waals surface area contributed by atoms with Crippen LogP contribution in [0, 0.1) is 12.7 Å². The largest absolute Gasteiger partial charge is 0.462 e. The summed E-state index contributed by atoms with van der Waals surface area (Å²) < 4.78 is 18.4. The summed E-state index contributed by atoms with van der Waals surface area (Å²) >= 11 is 0. The van der Waals surface area contributed by atoms with Crippen molar-refractivity contribution in [1.82, 2.24) is 4.98 Å². The number of nitrogens with one attached hydrogen (secondary N) is 2. The number of amides is 1. The van der Waals surface area contributed by atoms with Gasteiger partial charge in [-0.25, -0.2) is 9.18 Å². The Balaban J connectivity index is 1.93. The zero-order chi connectivity index (χ0) is 18.0. The van der Waals surface area contributed by atoms with Gasteiger partial charge in [-0.1, -0.05) is 12.1 Å². The molecule has 2 aromatic carbocycles. The molecule has 0 unspecified atom stereocenters. The fourth-order valence-electron chi connectivity index (χ4n) is 2.69. The van der Waals surface area contributed by atoms with Gasteiger partial charge in [0, 0.05) is 10.9 Å². The lowest BCUT2D eigenvalue weighted by Crippen LogP contribution is -2.17. The van der Waals surface area contributed by atoms with Crippen molar-refractivity contribution in [3.05, 3.63) is 65.1 Å². The number of ether oxygens (including phenoxy) is 1. The van der Waals surface area contributed by atoms with Crippen molar-refractivity contribution < 1.29 is 18.7 Å². The molecule has 128 valence electrons. The molecule has 3 aromatic rings. The number of hydrogen-bond donors (Lipinski definition) is 2. The van der Waals surface area contributed by atoms with Crippen LogP contribution >= 0.6 is 0 Å². The molecule has 0 atom stereocenters. The van der Waals surface area contributed by atoms with Crippen molar-refractivity contribution in [2.45, 2.75) is 13.8 Å². The van der Waals surface area contributed by atoms with Crippen LogP contribution in [0.1, 0.15) is 33.3 Å². The molecule has 25 heavy (non-hydrogen) atoms. The molecule has 0 bridgehead atoms. The van der Waals surface area contributed by atoms with Crippen LogP contribution in [0.25, 0.3) is 10.9 Å². The Morgan fingerprint density at radius 2 is 1.96 bits per heavy atom. The number of H-pyrrole nitrogens is 1. The van der Waals surface area contributed by atoms with E-state index in [0.717, 1.165) is 0 Å². The first-order chi connectivity index (χ1) is 12.0. The molecular formula is C19H17FN2O3. The Hall–Kier alpha value is -3.15. The van der Waals surface area contributed by atoms with Gasteiger partial charge in [0.25, 0.3) is 5.91 Å². The molecule has 1 heterocycles. The number of carbonyl (C=O) groups is 2. The summed E-state index contributed by atoms with van der Waals surface area (Å²) in [5, 5.41) is 3.36. The number of aromatic amines is 1. The van der Waals surface area contributed by atoms with E-state index in [1.54, 1.807) is 44.2 Å². The molecule has 3 rings (SSSR count). The van der Waals surface area contributed by atoms with Crippen LogP contribution in [0.15, 0.2) is 42.5 Å². The van der Waals surface area contributed by atoms with Gasteiger partial charge < -0.3 is 15.0 Å². The average molecular weight is 340 g/mol. The number of anilines is 1. The molecule has 0 aliphatic carbocycles.